The van der Waals surface area contributed by atoms with Crippen LogP contribution in [0.1, 0.15) is 12.5 Å². The molecule has 1 spiro atoms. The number of rotatable bonds is 4. The van der Waals surface area contributed by atoms with Crippen molar-refractivity contribution >= 4 is 73.3 Å². The molecule has 4 aromatic rings. The van der Waals surface area contributed by atoms with Crippen molar-refractivity contribution in [3.63, 3.8) is 0 Å². The number of carbonyl (C=O) groups is 1. The van der Waals surface area contributed by atoms with Crippen LogP contribution in [0.2, 0.25) is 5.02 Å². The van der Waals surface area contributed by atoms with E-state index in [1.54, 1.807) is 40.2 Å². The molecule has 0 radical (unpaired) electrons. The zero-order valence-corrected chi connectivity index (χ0v) is 22.1. The van der Waals surface area contributed by atoms with Gasteiger partial charge in [-0.1, -0.05) is 47.2 Å². The molecule has 1 saturated heterocycles. The molecule has 0 saturated carbocycles. The van der Waals surface area contributed by atoms with Gasteiger partial charge < -0.3 is 9.84 Å². The molecule has 7 nitrogen and oxygen atoms in total. The number of amides is 1. The minimum Gasteiger partial charge on any atom is -0.504 e. The van der Waals surface area contributed by atoms with Gasteiger partial charge in [0.1, 0.15) is 0 Å². The number of phenols is 1. The Kier molecular flexibility index (Phi) is 5.63. The molecule has 0 bridgehead atoms. The average molecular weight is 551 g/mol. The van der Waals surface area contributed by atoms with Crippen molar-refractivity contribution in [2.75, 3.05) is 17.0 Å². The summed E-state index contributed by atoms with van der Waals surface area (Å²) in [6.07, 6.45) is 1.91. The Morgan fingerprint density at radius 1 is 1.14 bits per heavy atom. The minimum atomic E-state index is -1.19. The first kappa shape index (κ1) is 23.8. The standard InChI is InChI=1S/C27H20Cl2N4O3S/c1-15-19(12-16-10-11-21(34)22(13-16)36-2)27(33(31-15)18-7-5-6-17(28)14-18)24(29)25(35)32(27)26-30-20-8-3-4-9-23(20)37-26/h3-14,24,34H,1-2H3/b19-12-. The lowest BCUT2D eigenvalue weighted by Crippen LogP contribution is -2.79. The Hall–Kier alpha value is -3.59. The number of β-lactam (4-membered cyclic amide) rings is 1. The summed E-state index contributed by atoms with van der Waals surface area (Å²) in [4.78, 5) is 19.9. The maximum absolute atomic E-state index is 13.5. The van der Waals surface area contributed by atoms with Gasteiger partial charge in [0.15, 0.2) is 27.7 Å². The largest absolute Gasteiger partial charge is 0.504 e. The summed E-state index contributed by atoms with van der Waals surface area (Å²) in [5.74, 6) is 0.0894. The lowest BCUT2D eigenvalue weighted by atomic mass is 9.82. The Morgan fingerprint density at radius 2 is 1.95 bits per heavy atom. The summed E-state index contributed by atoms with van der Waals surface area (Å²) in [5, 5.41) is 16.8. The Morgan fingerprint density at radius 3 is 2.70 bits per heavy atom. The Labute approximate surface area is 226 Å². The average Bonchev–Trinajstić information content (AvgIpc) is 3.45. The van der Waals surface area contributed by atoms with E-state index in [9.17, 15) is 9.90 Å². The van der Waals surface area contributed by atoms with E-state index in [4.69, 9.17) is 38.0 Å². The number of methoxy groups -OCH3 is 1. The van der Waals surface area contributed by atoms with Gasteiger partial charge >= 0.3 is 0 Å². The molecular weight excluding hydrogens is 531 g/mol. The zero-order chi connectivity index (χ0) is 25.9. The van der Waals surface area contributed by atoms with Gasteiger partial charge in [0, 0.05) is 10.6 Å². The van der Waals surface area contributed by atoms with Crippen molar-refractivity contribution in [1.82, 2.24) is 4.98 Å². The van der Waals surface area contributed by atoms with Gasteiger partial charge in [-0.2, -0.15) is 5.10 Å². The number of hydrogen-bond acceptors (Lipinski definition) is 7. The number of fused-ring (bicyclic) bond motifs is 1. The second-order valence-electron chi connectivity index (χ2n) is 8.69. The second-order valence-corrected chi connectivity index (χ2v) is 10.6. The van der Waals surface area contributed by atoms with Crippen molar-refractivity contribution in [3.05, 3.63) is 82.9 Å². The van der Waals surface area contributed by atoms with Crippen LogP contribution in [0.25, 0.3) is 16.3 Å². The minimum absolute atomic E-state index is 0.0295. The molecule has 2 aliphatic rings. The lowest BCUT2D eigenvalue weighted by molar-refractivity contribution is -0.125. The topological polar surface area (TPSA) is 78.3 Å². The number of hydrogen-bond donors (Lipinski definition) is 1. The van der Waals surface area contributed by atoms with E-state index in [0.717, 1.165) is 21.4 Å². The molecule has 2 atom stereocenters. The summed E-state index contributed by atoms with van der Waals surface area (Å²) in [7, 11) is 1.49. The number of thiazole rings is 1. The number of alkyl halides is 1. The van der Waals surface area contributed by atoms with Crippen LogP contribution in [0.15, 0.2) is 77.4 Å². The van der Waals surface area contributed by atoms with Crippen LogP contribution in [0.4, 0.5) is 10.8 Å². The van der Waals surface area contributed by atoms with Crippen LogP contribution in [-0.2, 0) is 4.79 Å². The highest BCUT2D eigenvalue weighted by Crippen LogP contribution is 2.54. The van der Waals surface area contributed by atoms with Crippen LogP contribution in [0.3, 0.4) is 0 Å². The number of anilines is 2. The number of phenolic OH excluding ortho intramolecular Hbond substituents is 1. The van der Waals surface area contributed by atoms with E-state index in [2.05, 4.69) is 0 Å². The van der Waals surface area contributed by atoms with Gasteiger partial charge in [0.2, 0.25) is 0 Å². The fourth-order valence-electron chi connectivity index (χ4n) is 4.84. The Bertz CT molecular complexity index is 1600. The summed E-state index contributed by atoms with van der Waals surface area (Å²) in [6.45, 7) is 1.87. The van der Waals surface area contributed by atoms with Crippen molar-refractivity contribution < 1.29 is 14.6 Å². The Balaban J connectivity index is 1.58. The predicted molar refractivity (Wildman–Crippen MR) is 149 cm³/mol. The van der Waals surface area contributed by atoms with E-state index < -0.39 is 11.0 Å². The molecule has 1 fully saturated rings. The van der Waals surface area contributed by atoms with Gasteiger partial charge in [0.25, 0.3) is 5.91 Å². The van der Waals surface area contributed by atoms with E-state index in [0.29, 0.717) is 27.3 Å². The lowest BCUT2D eigenvalue weighted by Gasteiger charge is -2.55. The monoisotopic (exact) mass is 550 g/mol. The molecule has 1 amide bonds. The second kappa shape index (κ2) is 8.76. The highest BCUT2D eigenvalue weighted by molar-refractivity contribution is 7.22. The smallest absolute Gasteiger partial charge is 0.254 e. The number of aromatic hydroxyl groups is 1. The zero-order valence-electron chi connectivity index (χ0n) is 19.7. The van der Waals surface area contributed by atoms with Crippen molar-refractivity contribution in [2.45, 2.75) is 18.0 Å². The van der Waals surface area contributed by atoms with Crippen molar-refractivity contribution in [2.24, 2.45) is 5.10 Å². The molecule has 6 rings (SSSR count). The SMILES string of the molecule is COc1cc(/C=C2/C(C)=NN(c3cccc(Cl)c3)C23C(Cl)C(=O)N3c2nc3ccccc3s2)ccc1O. The van der Waals surface area contributed by atoms with Gasteiger partial charge in [-0.15, -0.1) is 11.6 Å². The summed E-state index contributed by atoms with van der Waals surface area (Å²) in [6, 6.07) is 20.0. The maximum Gasteiger partial charge on any atom is 0.254 e. The van der Waals surface area contributed by atoms with Crippen molar-refractivity contribution in [1.29, 1.82) is 0 Å². The molecule has 2 unspecified atom stereocenters. The third kappa shape index (κ3) is 3.51. The third-order valence-electron chi connectivity index (χ3n) is 6.53. The first-order valence-corrected chi connectivity index (χ1v) is 13.0. The van der Waals surface area contributed by atoms with Gasteiger partial charge in [-0.05, 0) is 61.0 Å². The number of halogens is 2. The number of ether oxygens (including phenoxy) is 1. The molecule has 186 valence electrons. The summed E-state index contributed by atoms with van der Waals surface area (Å²) >= 11 is 14.7. The molecule has 1 N–H and O–H groups in total. The van der Waals surface area contributed by atoms with Gasteiger partial charge in [-0.3, -0.25) is 9.69 Å². The number of benzene rings is 3. The number of para-hydroxylation sites is 1. The number of nitrogens with zero attached hydrogens (tertiary/aromatic N) is 4. The van der Waals surface area contributed by atoms with Crippen LogP contribution >= 0.6 is 34.5 Å². The van der Waals surface area contributed by atoms with Crippen LogP contribution in [0.5, 0.6) is 11.5 Å². The maximum atomic E-state index is 13.5. The summed E-state index contributed by atoms with van der Waals surface area (Å²) in [5.41, 5.74) is 2.44. The van der Waals surface area contributed by atoms with E-state index in [-0.39, 0.29) is 11.7 Å². The molecule has 10 heteroatoms. The normalized spacial score (nSPS) is 22.2. The molecule has 37 heavy (non-hydrogen) atoms. The predicted octanol–water partition coefficient (Wildman–Crippen LogP) is 6.29. The fraction of sp³-hybridized carbons (Fsp3) is 0.148. The number of aromatic nitrogens is 1. The molecule has 3 aromatic carbocycles. The number of carbonyl (C=O) groups excluding carboxylic acids is 1. The van der Waals surface area contributed by atoms with Crippen LogP contribution in [-0.4, -0.2) is 39.9 Å². The quantitative estimate of drug-likeness (QED) is 0.238. The molecule has 1 aromatic heterocycles. The van der Waals surface area contributed by atoms with E-state index in [1.165, 1.54) is 18.4 Å². The van der Waals surface area contributed by atoms with Gasteiger partial charge in [0.05, 0.1) is 28.7 Å². The van der Waals surface area contributed by atoms with E-state index in [1.807, 2.05) is 49.4 Å². The third-order valence-corrected chi connectivity index (χ3v) is 8.28. The molecule has 3 heterocycles. The highest BCUT2D eigenvalue weighted by atomic mass is 35.5. The fourth-order valence-corrected chi connectivity index (χ4v) is 6.46. The number of hydrazone groups is 1. The molecule has 0 aliphatic carbocycles. The van der Waals surface area contributed by atoms with Crippen molar-refractivity contribution in [3.8, 4) is 11.5 Å². The van der Waals surface area contributed by atoms with Crippen LogP contribution < -0.4 is 14.6 Å². The highest BCUT2D eigenvalue weighted by Gasteiger charge is 2.69. The molecule has 2 aliphatic heterocycles. The van der Waals surface area contributed by atoms with E-state index >= 15 is 0 Å². The van der Waals surface area contributed by atoms with Gasteiger partial charge in [-0.25, -0.2) is 9.99 Å². The van der Waals surface area contributed by atoms with Crippen LogP contribution in [0, 0.1) is 0 Å². The molecular formula is C27H20Cl2N4O3S. The summed E-state index contributed by atoms with van der Waals surface area (Å²) < 4.78 is 6.26. The first-order valence-electron chi connectivity index (χ1n) is 11.4. The first-order chi connectivity index (χ1) is 17.8.